The van der Waals surface area contributed by atoms with E-state index in [1.54, 1.807) is 12.1 Å². The van der Waals surface area contributed by atoms with Crippen LogP contribution >= 0.6 is 0 Å². The summed E-state index contributed by atoms with van der Waals surface area (Å²) in [6.07, 6.45) is 4.94. The molecule has 0 amide bonds. The lowest BCUT2D eigenvalue weighted by molar-refractivity contribution is -0.384. The van der Waals surface area contributed by atoms with Gasteiger partial charge in [-0.1, -0.05) is 24.6 Å². The molecule has 2 aromatic carbocycles. The molecule has 2 fully saturated rings. The van der Waals surface area contributed by atoms with Crippen LogP contribution in [-0.4, -0.2) is 38.8 Å². The van der Waals surface area contributed by atoms with Crippen molar-refractivity contribution in [2.24, 2.45) is 0 Å². The monoisotopic (exact) mass is 388 g/mol. The minimum atomic E-state index is -0.317. The average Bonchev–Trinajstić information content (AvgIpc) is 3.29. The fraction of sp³-hybridized carbons (Fsp3) is 0.391. The summed E-state index contributed by atoms with van der Waals surface area (Å²) in [6.45, 7) is 2.11. The van der Waals surface area contributed by atoms with Gasteiger partial charge in [-0.15, -0.1) is 0 Å². The zero-order valence-electron chi connectivity index (χ0n) is 16.3. The Hall–Kier alpha value is -2.70. The molecule has 6 nitrogen and oxygen atoms in total. The molecule has 0 bridgehead atoms. The molecule has 4 heterocycles. The number of aromatic nitrogens is 1. The van der Waals surface area contributed by atoms with Crippen molar-refractivity contribution in [3.63, 3.8) is 0 Å². The molecule has 29 heavy (non-hydrogen) atoms. The number of piperidine rings is 1. The molecule has 3 atom stereocenters. The van der Waals surface area contributed by atoms with Crippen LogP contribution in [0.3, 0.4) is 0 Å². The molecule has 3 aromatic rings. The second kappa shape index (κ2) is 6.40. The van der Waals surface area contributed by atoms with Gasteiger partial charge in [0.15, 0.2) is 0 Å². The van der Waals surface area contributed by atoms with Crippen LogP contribution < -0.4 is 0 Å². The number of nitrogens with zero attached hydrogens (tertiary/aromatic N) is 3. The molecule has 2 saturated heterocycles. The predicted molar refractivity (Wildman–Crippen MR) is 112 cm³/mol. The number of H-pyrrole nitrogens is 1. The van der Waals surface area contributed by atoms with Crippen molar-refractivity contribution in [3.05, 3.63) is 75.5 Å². The molecule has 148 valence electrons. The first-order valence-corrected chi connectivity index (χ1v) is 10.6. The maximum atomic E-state index is 11.1. The van der Waals surface area contributed by atoms with Crippen LogP contribution in [0.15, 0.2) is 48.5 Å². The van der Waals surface area contributed by atoms with Crippen LogP contribution in [0.5, 0.6) is 0 Å². The van der Waals surface area contributed by atoms with Gasteiger partial charge in [-0.25, -0.2) is 0 Å². The molecule has 0 aliphatic carbocycles. The first kappa shape index (κ1) is 17.2. The second-order valence-corrected chi connectivity index (χ2v) is 8.52. The van der Waals surface area contributed by atoms with Gasteiger partial charge in [0.25, 0.3) is 5.69 Å². The Morgan fingerprint density at radius 1 is 1.00 bits per heavy atom. The Bertz CT molecular complexity index is 1090. The molecule has 1 N–H and O–H groups in total. The first-order chi connectivity index (χ1) is 14.2. The molecule has 6 heteroatoms. The van der Waals surface area contributed by atoms with Crippen LogP contribution in [0.4, 0.5) is 5.69 Å². The number of hydrogen-bond donors (Lipinski definition) is 1. The Morgan fingerprint density at radius 3 is 2.66 bits per heavy atom. The highest BCUT2D eigenvalue weighted by atomic mass is 16.6. The number of rotatable bonds is 2. The van der Waals surface area contributed by atoms with Gasteiger partial charge in [-0.05, 0) is 48.6 Å². The highest BCUT2D eigenvalue weighted by molar-refractivity contribution is 5.85. The summed E-state index contributed by atoms with van der Waals surface area (Å²) >= 11 is 0. The summed E-state index contributed by atoms with van der Waals surface area (Å²) in [5.74, 6) is 0. The molecule has 0 radical (unpaired) electrons. The third-order valence-electron chi connectivity index (χ3n) is 7.11. The summed E-state index contributed by atoms with van der Waals surface area (Å²) in [4.78, 5) is 19.8. The second-order valence-electron chi connectivity index (χ2n) is 8.52. The molecule has 3 aliphatic heterocycles. The van der Waals surface area contributed by atoms with E-state index in [0.717, 1.165) is 19.5 Å². The molecule has 0 spiro atoms. The first-order valence-electron chi connectivity index (χ1n) is 10.6. The van der Waals surface area contributed by atoms with E-state index in [9.17, 15) is 10.1 Å². The van der Waals surface area contributed by atoms with Crippen molar-refractivity contribution in [3.8, 4) is 0 Å². The van der Waals surface area contributed by atoms with Crippen LogP contribution in [0, 0.1) is 10.1 Å². The Labute approximate surface area is 169 Å². The molecule has 1 aromatic heterocycles. The standard InChI is InChI=1S/C23H24N4O2/c28-27(29)16-10-8-15(9-11-16)23-25-13-4-3-7-20(25)22-21-18(12-14-26(22)23)17-5-1-2-6-19(17)24-21/h1-2,5-6,8-11,20,22-24H,3-4,7,12-14H2/t20-,22?,23?/m1/s1. The number of benzene rings is 2. The summed E-state index contributed by atoms with van der Waals surface area (Å²) in [5.41, 5.74) is 5.44. The van der Waals surface area contributed by atoms with E-state index >= 15 is 0 Å². The largest absolute Gasteiger partial charge is 0.357 e. The molecule has 3 aliphatic rings. The van der Waals surface area contributed by atoms with E-state index in [2.05, 4.69) is 39.0 Å². The van der Waals surface area contributed by atoms with Crippen molar-refractivity contribution in [1.29, 1.82) is 0 Å². The Balaban J connectivity index is 1.46. The van der Waals surface area contributed by atoms with E-state index in [-0.39, 0.29) is 16.8 Å². The maximum Gasteiger partial charge on any atom is 0.269 e. The predicted octanol–water partition coefficient (Wildman–Crippen LogP) is 4.54. The third-order valence-corrected chi connectivity index (χ3v) is 7.11. The number of non-ortho nitro benzene ring substituents is 1. The van der Waals surface area contributed by atoms with Gasteiger partial charge >= 0.3 is 0 Å². The number of nitrogens with one attached hydrogen (secondary N) is 1. The fourth-order valence-corrected chi connectivity index (χ4v) is 5.94. The van der Waals surface area contributed by atoms with Crippen molar-refractivity contribution >= 4 is 16.6 Å². The quantitative estimate of drug-likeness (QED) is 0.517. The minimum absolute atomic E-state index is 0.162. The van der Waals surface area contributed by atoms with E-state index < -0.39 is 0 Å². The normalized spacial score (nSPS) is 26.8. The fourth-order valence-electron chi connectivity index (χ4n) is 5.94. The number of hydrogen-bond acceptors (Lipinski definition) is 4. The van der Waals surface area contributed by atoms with Crippen molar-refractivity contribution in [2.75, 3.05) is 13.1 Å². The maximum absolute atomic E-state index is 11.1. The van der Waals surface area contributed by atoms with Crippen molar-refractivity contribution in [2.45, 2.75) is 43.9 Å². The number of aromatic amines is 1. The lowest BCUT2D eigenvalue weighted by Gasteiger charge is -2.35. The van der Waals surface area contributed by atoms with Gasteiger partial charge in [-0.3, -0.25) is 19.9 Å². The van der Waals surface area contributed by atoms with Gasteiger partial charge in [0.1, 0.15) is 0 Å². The summed E-state index contributed by atoms with van der Waals surface area (Å²) in [5, 5.41) is 12.5. The van der Waals surface area contributed by atoms with E-state index in [1.165, 1.54) is 47.0 Å². The lowest BCUT2D eigenvalue weighted by Crippen LogP contribution is -2.38. The van der Waals surface area contributed by atoms with Gasteiger partial charge in [-0.2, -0.15) is 0 Å². The summed E-state index contributed by atoms with van der Waals surface area (Å²) < 4.78 is 0. The summed E-state index contributed by atoms with van der Waals surface area (Å²) in [6, 6.07) is 16.7. The SMILES string of the molecule is O=[N+]([O-])c1ccc(C2N3CCc4c([nH]c5ccccc45)C3[C@H]3CCCCN23)cc1. The topological polar surface area (TPSA) is 65.4 Å². The zero-order chi connectivity index (χ0) is 19.5. The van der Waals surface area contributed by atoms with Crippen molar-refractivity contribution < 1.29 is 4.92 Å². The minimum Gasteiger partial charge on any atom is -0.357 e. The number of nitro groups is 1. The van der Waals surface area contributed by atoms with Crippen LogP contribution in [0.25, 0.3) is 10.9 Å². The molecule has 6 rings (SSSR count). The van der Waals surface area contributed by atoms with Crippen molar-refractivity contribution in [1.82, 2.24) is 14.8 Å². The van der Waals surface area contributed by atoms with E-state index in [1.807, 2.05) is 12.1 Å². The highest BCUT2D eigenvalue weighted by Gasteiger charge is 2.51. The van der Waals surface area contributed by atoms with Gasteiger partial charge in [0.05, 0.1) is 17.1 Å². The average molecular weight is 388 g/mol. The Morgan fingerprint density at radius 2 is 1.83 bits per heavy atom. The molecule has 0 saturated carbocycles. The number of fused-ring (bicyclic) bond motifs is 7. The smallest absolute Gasteiger partial charge is 0.269 e. The zero-order valence-corrected chi connectivity index (χ0v) is 16.3. The molecular formula is C23H24N4O2. The van der Waals surface area contributed by atoms with Crippen LogP contribution in [0.1, 0.15) is 48.3 Å². The van der Waals surface area contributed by atoms with Crippen LogP contribution in [-0.2, 0) is 6.42 Å². The molecular weight excluding hydrogens is 364 g/mol. The Kier molecular flexibility index (Phi) is 3.79. The van der Waals surface area contributed by atoms with Gasteiger partial charge in [0, 0.05) is 47.9 Å². The summed E-state index contributed by atoms with van der Waals surface area (Å²) in [7, 11) is 0. The number of para-hydroxylation sites is 1. The van der Waals surface area contributed by atoms with Crippen LogP contribution in [0.2, 0.25) is 0 Å². The number of nitro benzene ring substituents is 1. The van der Waals surface area contributed by atoms with E-state index in [0.29, 0.717) is 12.1 Å². The van der Waals surface area contributed by atoms with Gasteiger partial charge in [0.2, 0.25) is 0 Å². The van der Waals surface area contributed by atoms with E-state index in [4.69, 9.17) is 0 Å². The van der Waals surface area contributed by atoms with Gasteiger partial charge < -0.3 is 4.98 Å². The highest BCUT2D eigenvalue weighted by Crippen LogP contribution is 2.51. The molecule has 2 unspecified atom stereocenters. The lowest BCUT2D eigenvalue weighted by atomic mass is 9.90. The third kappa shape index (κ3) is 2.49.